The van der Waals surface area contributed by atoms with E-state index >= 15 is 0 Å². The zero-order valence-electron chi connectivity index (χ0n) is 12.6. The molecule has 0 saturated heterocycles. The minimum Gasteiger partial charge on any atom is -1.00 e. The second-order valence-corrected chi connectivity index (χ2v) is 3.72. The number of carbonyl (C=O) groups excluding carboxylic acids is 1. The van der Waals surface area contributed by atoms with Gasteiger partial charge in [-0.25, -0.2) is 9.59 Å². The van der Waals surface area contributed by atoms with E-state index < -0.39 is 11.9 Å². The second kappa shape index (κ2) is 12.7. The van der Waals surface area contributed by atoms with Gasteiger partial charge in [0.15, 0.2) is 0 Å². The van der Waals surface area contributed by atoms with Crippen LogP contribution in [0.2, 0.25) is 0 Å². The molecule has 96 valence electrons. The van der Waals surface area contributed by atoms with Gasteiger partial charge >= 0.3 is 60.8 Å². The minimum atomic E-state index is -1.14. The quantitative estimate of drug-likeness (QED) is 0.406. The molecule has 0 aliphatic rings. The van der Waals surface area contributed by atoms with Crippen molar-refractivity contribution in [1.29, 1.82) is 0 Å². The number of hydrogen-bond acceptors (Lipinski definition) is 3. The van der Waals surface area contributed by atoms with Gasteiger partial charge in [0, 0.05) is 12.2 Å². The molecular weight excluding hydrogens is 345 g/mol. The van der Waals surface area contributed by atoms with E-state index in [0.29, 0.717) is 12.5 Å². The van der Waals surface area contributed by atoms with E-state index in [1.165, 1.54) is 0 Å². The fourth-order valence-corrected chi connectivity index (χ4v) is 1.29. The van der Waals surface area contributed by atoms with Crippen LogP contribution >= 0.6 is 0 Å². The number of carbonyl (C=O) groups is 2. The molecule has 0 aromatic carbocycles. The average molecular weight is 368 g/mol. The topological polar surface area (TPSA) is 63.6 Å². The summed E-state index contributed by atoms with van der Waals surface area (Å²) in [5.41, 5.74) is 0. The molecule has 0 saturated carbocycles. The van der Waals surface area contributed by atoms with Crippen molar-refractivity contribution >= 4 is 60.8 Å². The third-order valence-corrected chi connectivity index (χ3v) is 2.37. The van der Waals surface area contributed by atoms with Gasteiger partial charge in [-0.1, -0.05) is 33.1 Å². The summed E-state index contributed by atoms with van der Waals surface area (Å²) in [4.78, 5) is 21.2. The standard InChI is InChI=1S/C12H20O4.Ba.2H/c1-3-5-6-10(4-2)9-16-12(15)8-7-11(13)14;;;/h7-8,10H,3-6,9H2,1-2H3,(H,13,14);;;/q;+2;2*-1/b8-7-;;;. The summed E-state index contributed by atoms with van der Waals surface area (Å²) in [6.45, 7) is 4.55. The Morgan fingerprint density at radius 3 is 2.47 bits per heavy atom. The third-order valence-electron chi connectivity index (χ3n) is 2.37. The summed E-state index contributed by atoms with van der Waals surface area (Å²) in [5, 5.41) is 8.31. The van der Waals surface area contributed by atoms with Crippen molar-refractivity contribution in [1.82, 2.24) is 0 Å². The van der Waals surface area contributed by atoms with Crippen molar-refractivity contribution in [2.75, 3.05) is 6.61 Å². The first-order valence-corrected chi connectivity index (χ1v) is 5.67. The zero-order chi connectivity index (χ0) is 12.4. The first kappa shape index (κ1) is 19.6. The van der Waals surface area contributed by atoms with Crippen LogP contribution in [0.5, 0.6) is 0 Å². The molecule has 0 amide bonds. The summed E-state index contributed by atoms with van der Waals surface area (Å²) >= 11 is 0. The molecule has 0 heterocycles. The Morgan fingerprint density at radius 2 is 2.00 bits per heavy atom. The van der Waals surface area contributed by atoms with Gasteiger partial charge in [-0.05, 0) is 12.3 Å². The maximum atomic E-state index is 11.1. The Kier molecular flexibility index (Phi) is 14.6. The molecule has 0 spiro atoms. The molecule has 5 heteroatoms. The Morgan fingerprint density at radius 1 is 1.35 bits per heavy atom. The van der Waals surface area contributed by atoms with Gasteiger partial charge in [0.25, 0.3) is 0 Å². The predicted octanol–water partition coefficient (Wildman–Crippen LogP) is 2.23. The molecular formula is C12H22BaO4. The van der Waals surface area contributed by atoms with Crippen molar-refractivity contribution in [3.8, 4) is 0 Å². The van der Waals surface area contributed by atoms with E-state index in [2.05, 4.69) is 13.8 Å². The van der Waals surface area contributed by atoms with Crippen LogP contribution in [0.4, 0.5) is 0 Å². The monoisotopic (exact) mass is 368 g/mol. The number of ether oxygens (including phenoxy) is 1. The van der Waals surface area contributed by atoms with Crippen molar-refractivity contribution < 1.29 is 22.3 Å². The summed E-state index contributed by atoms with van der Waals surface area (Å²) < 4.78 is 4.95. The van der Waals surface area contributed by atoms with Crippen LogP contribution in [0.15, 0.2) is 12.2 Å². The SMILES string of the molecule is CCCCC(CC)COC(=O)/C=C\C(=O)O.[Ba+2].[H-].[H-]. The summed E-state index contributed by atoms with van der Waals surface area (Å²) in [6.07, 6.45) is 5.99. The number of unbranched alkanes of at least 4 members (excludes halogenated alkanes) is 1. The van der Waals surface area contributed by atoms with Crippen LogP contribution in [-0.4, -0.2) is 72.5 Å². The molecule has 1 unspecified atom stereocenters. The Hall–Kier alpha value is 0.251. The van der Waals surface area contributed by atoms with E-state index in [0.717, 1.165) is 37.8 Å². The van der Waals surface area contributed by atoms with Crippen LogP contribution in [0.1, 0.15) is 42.4 Å². The van der Waals surface area contributed by atoms with E-state index in [-0.39, 0.29) is 51.7 Å². The molecule has 0 bridgehead atoms. The first-order chi connectivity index (χ1) is 7.60. The first-order valence-electron chi connectivity index (χ1n) is 5.67. The third kappa shape index (κ3) is 12.5. The van der Waals surface area contributed by atoms with Crippen LogP contribution < -0.4 is 0 Å². The van der Waals surface area contributed by atoms with Crippen molar-refractivity contribution in [3.05, 3.63) is 12.2 Å². The largest absolute Gasteiger partial charge is 2.00 e. The van der Waals surface area contributed by atoms with Crippen LogP contribution in [-0.2, 0) is 14.3 Å². The van der Waals surface area contributed by atoms with Gasteiger partial charge < -0.3 is 12.7 Å². The summed E-state index contributed by atoms with van der Waals surface area (Å²) in [6, 6.07) is 0. The van der Waals surface area contributed by atoms with Crippen molar-refractivity contribution in [3.63, 3.8) is 0 Å². The maximum absolute atomic E-state index is 11.1. The molecule has 4 nitrogen and oxygen atoms in total. The molecule has 0 fully saturated rings. The number of hydrogen-bond donors (Lipinski definition) is 1. The molecule has 0 rings (SSSR count). The van der Waals surface area contributed by atoms with Gasteiger partial charge in [-0.3, -0.25) is 0 Å². The number of aliphatic carboxylic acids is 1. The minimum absolute atomic E-state index is 0. The van der Waals surface area contributed by atoms with Gasteiger partial charge in [0.1, 0.15) is 0 Å². The number of carboxylic acids is 1. The van der Waals surface area contributed by atoms with E-state index in [1.807, 2.05) is 0 Å². The number of carboxylic acid groups (broad SMARTS) is 1. The molecule has 17 heavy (non-hydrogen) atoms. The fourth-order valence-electron chi connectivity index (χ4n) is 1.29. The second-order valence-electron chi connectivity index (χ2n) is 3.72. The average Bonchev–Trinajstić information content (AvgIpc) is 2.26. The molecule has 0 aliphatic carbocycles. The molecule has 0 aromatic rings. The van der Waals surface area contributed by atoms with Gasteiger partial charge in [0.05, 0.1) is 6.61 Å². The zero-order valence-corrected chi connectivity index (χ0v) is 15.1. The Bertz CT molecular complexity index is 260. The number of rotatable bonds is 8. The van der Waals surface area contributed by atoms with Crippen molar-refractivity contribution in [2.24, 2.45) is 5.92 Å². The molecule has 0 aliphatic heterocycles. The predicted molar refractivity (Wildman–Crippen MR) is 69.0 cm³/mol. The van der Waals surface area contributed by atoms with Gasteiger partial charge in [0.2, 0.25) is 0 Å². The smallest absolute Gasteiger partial charge is 1.00 e. The Labute approximate surface area is 146 Å². The van der Waals surface area contributed by atoms with E-state index in [4.69, 9.17) is 9.84 Å². The Balaban J connectivity index is -0.000000375. The van der Waals surface area contributed by atoms with Gasteiger partial charge in [-0.2, -0.15) is 0 Å². The normalized spacial score (nSPS) is 11.9. The summed E-state index contributed by atoms with van der Waals surface area (Å²) in [5.74, 6) is -1.35. The van der Waals surface area contributed by atoms with Crippen LogP contribution in [0, 0.1) is 5.92 Å². The van der Waals surface area contributed by atoms with Crippen LogP contribution in [0.3, 0.4) is 0 Å². The van der Waals surface area contributed by atoms with E-state index in [9.17, 15) is 9.59 Å². The summed E-state index contributed by atoms with van der Waals surface area (Å²) in [7, 11) is 0. The van der Waals surface area contributed by atoms with Crippen molar-refractivity contribution in [2.45, 2.75) is 39.5 Å². The number of esters is 1. The molecule has 1 N–H and O–H groups in total. The van der Waals surface area contributed by atoms with Crippen LogP contribution in [0.25, 0.3) is 0 Å². The molecule has 0 aromatic heterocycles. The molecule has 0 radical (unpaired) electrons. The maximum Gasteiger partial charge on any atom is 2.00 e. The van der Waals surface area contributed by atoms with E-state index in [1.54, 1.807) is 0 Å². The fraction of sp³-hybridized carbons (Fsp3) is 0.667. The molecule has 1 atom stereocenters. The van der Waals surface area contributed by atoms with Gasteiger partial charge in [-0.15, -0.1) is 0 Å².